The summed E-state index contributed by atoms with van der Waals surface area (Å²) in [6.45, 7) is 0. The van der Waals surface area contributed by atoms with Gasteiger partial charge in [0.05, 0.1) is 0 Å². The maximum Gasteiger partial charge on any atom is 0.363 e. The lowest BCUT2D eigenvalue weighted by Crippen LogP contribution is -2.17. The van der Waals surface area contributed by atoms with Gasteiger partial charge in [0.25, 0.3) is 10.0 Å². The molecule has 0 aliphatic carbocycles. The Hall–Kier alpha value is -2.35. The smallest absolute Gasteiger partial charge is 0.363 e. The van der Waals surface area contributed by atoms with Gasteiger partial charge in [-0.25, -0.2) is 4.79 Å². The number of rotatable bonds is 2. The second-order valence-electron chi connectivity index (χ2n) is 3.38. The van der Waals surface area contributed by atoms with Crippen molar-refractivity contribution in [2.45, 2.75) is 0 Å². The van der Waals surface area contributed by atoms with Crippen LogP contribution in [0.5, 0.6) is 11.5 Å². The molecule has 0 fully saturated rings. The van der Waals surface area contributed by atoms with E-state index < -0.39 is 21.0 Å². The quantitative estimate of drug-likeness (QED) is 0.570. The fraction of sp³-hybridized carbons (Fsp3) is 0. The molecule has 0 amide bonds. The van der Waals surface area contributed by atoms with E-state index in [4.69, 9.17) is 15.6 Å². The highest BCUT2D eigenvalue weighted by Gasteiger charge is 2.27. The third kappa shape index (κ3) is 2.33. The highest BCUT2D eigenvalue weighted by molar-refractivity contribution is 7.94. The van der Waals surface area contributed by atoms with E-state index in [9.17, 15) is 13.2 Å². The molecule has 1 aliphatic heterocycles. The van der Waals surface area contributed by atoms with Crippen molar-refractivity contribution in [1.29, 1.82) is 0 Å². The van der Waals surface area contributed by atoms with Gasteiger partial charge in [-0.2, -0.15) is 12.8 Å². The van der Waals surface area contributed by atoms with Crippen LogP contribution in [0, 0.1) is 0 Å². The molecule has 0 unspecified atom stereocenters. The Morgan fingerprint density at radius 2 is 1.89 bits per heavy atom. The van der Waals surface area contributed by atoms with Gasteiger partial charge in [-0.1, -0.05) is 0 Å². The third-order valence-electron chi connectivity index (χ3n) is 2.05. The van der Waals surface area contributed by atoms with Crippen molar-refractivity contribution in [1.82, 2.24) is 0 Å². The highest BCUT2D eigenvalue weighted by atomic mass is 32.2. The van der Waals surface area contributed by atoms with Crippen LogP contribution in [0.25, 0.3) is 0 Å². The van der Waals surface area contributed by atoms with E-state index in [1.54, 1.807) is 0 Å². The molecule has 1 aromatic rings. The molecule has 94 valence electrons. The number of phenolic OH excluding ortho intramolecular Hbond substituents is 1. The van der Waals surface area contributed by atoms with Crippen molar-refractivity contribution in [3.63, 3.8) is 0 Å². The van der Waals surface area contributed by atoms with Gasteiger partial charge < -0.3 is 15.6 Å². The van der Waals surface area contributed by atoms with Crippen molar-refractivity contribution in [3.8, 4) is 11.5 Å². The molecule has 0 saturated carbocycles. The van der Waals surface area contributed by atoms with Gasteiger partial charge in [0.2, 0.25) is 0 Å². The minimum Gasteiger partial charge on any atom is -0.508 e. The summed E-state index contributed by atoms with van der Waals surface area (Å²) in [7, 11) is -3.93. The summed E-state index contributed by atoms with van der Waals surface area (Å²) < 4.78 is 30.3. The third-order valence-corrected chi connectivity index (χ3v) is 3.20. The summed E-state index contributed by atoms with van der Waals surface area (Å²) in [5.74, 6) is -0.777. The van der Waals surface area contributed by atoms with Gasteiger partial charge in [0.1, 0.15) is 11.5 Å². The summed E-state index contributed by atoms with van der Waals surface area (Å²) >= 11 is 0. The Morgan fingerprint density at radius 3 is 2.39 bits per heavy atom. The summed E-state index contributed by atoms with van der Waals surface area (Å²) in [6.07, 6.45) is 0.929. The topological polar surface area (TPSA) is 119 Å². The summed E-state index contributed by atoms with van der Waals surface area (Å²) in [5.41, 5.74) is 4.78. The van der Waals surface area contributed by atoms with Gasteiger partial charge >= 0.3 is 5.97 Å². The molecule has 3 N–H and O–H groups in total. The van der Waals surface area contributed by atoms with E-state index in [-0.39, 0.29) is 17.2 Å². The number of aromatic hydroxyl groups is 1. The van der Waals surface area contributed by atoms with Gasteiger partial charge in [-0.15, -0.1) is 0 Å². The molecule has 0 saturated heterocycles. The van der Waals surface area contributed by atoms with Crippen LogP contribution >= 0.6 is 0 Å². The van der Waals surface area contributed by atoms with Gasteiger partial charge in [0.15, 0.2) is 10.7 Å². The zero-order valence-electron chi connectivity index (χ0n) is 8.90. The Kier molecular flexibility index (Phi) is 2.79. The number of nitrogens with zero attached hydrogens (tertiary/aromatic N) is 1. The second kappa shape index (κ2) is 4.15. The first-order valence-corrected chi connectivity index (χ1v) is 6.16. The number of carbonyl (C=O) groups is 1. The Morgan fingerprint density at radius 1 is 1.28 bits per heavy atom. The largest absolute Gasteiger partial charge is 0.508 e. The first kappa shape index (κ1) is 12.1. The van der Waals surface area contributed by atoms with E-state index in [2.05, 4.69) is 4.40 Å². The fourth-order valence-electron chi connectivity index (χ4n) is 1.19. The molecule has 0 radical (unpaired) electrons. The lowest BCUT2D eigenvalue weighted by Gasteiger charge is -2.02. The molecule has 8 heteroatoms. The molecule has 1 aliphatic rings. The molecule has 18 heavy (non-hydrogen) atoms. The van der Waals surface area contributed by atoms with Crippen LogP contribution in [0.1, 0.15) is 0 Å². The molecule has 0 bridgehead atoms. The zero-order chi connectivity index (χ0) is 13.3. The number of esters is 1. The first-order valence-electron chi connectivity index (χ1n) is 4.72. The van der Waals surface area contributed by atoms with Gasteiger partial charge in [-0.3, -0.25) is 0 Å². The number of sulfonamides is 1. The maximum atomic E-state index is 11.6. The number of nitrogens with two attached hydrogens (primary N) is 1. The SMILES string of the molecule is NC1=CC(C(=O)Oc2ccc(O)cc2)=NS1(=O)=O. The predicted molar refractivity (Wildman–Crippen MR) is 62.4 cm³/mol. The second-order valence-corrected chi connectivity index (χ2v) is 4.99. The van der Waals surface area contributed by atoms with E-state index in [0.29, 0.717) is 0 Å². The van der Waals surface area contributed by atoms with E-state index in [0.717, 1.165) is 6.08 Å². The molecular weight excluding hydrogens is 260 g/mol. The molecule has 0 spiro atoms. The lowest BCUT2D eigenvalue weighted by atomic mass is 10.3. The predicted octanol–water partition coefficient (Wildman–Crippen LogP) is -0.118. The summed E-state index contributed by atoms with van der Waals surface area (Å²) in [4.78, 5) is 11.6. The van der Waals surface area contributed by atoms with Gasteiger partial charge in [0, 0.05) is 6.08 Å². The minimum atomic E-state index is -3.93. The molecule has 1 aromatic carbocycles. The number of ether oxygens (including phenoxy) is 1. The molecular formula is C10H8N2O5S. The number of benzene rings is 1. The number of hydrogen-bond donors (Lipinski definition) is 2. The molecule has 7 nitrogen and oxygen atoms in total. The van der Waals surface area contributed by atoms with Crippen LogP contribution in [-0.4, -0.2) is 25.2 Å². The van der Waals surface area contributed by atoms with Crippen LogP contribution in [0.2, 0.25) is 0 Å². The minimum absolute atomic E-state index is 0.0136. The Labute approximate surface area is 102 Å². The normalized spacial score (nSPS) is 16.9. The highest BCUT2D eigenvalue weighted by Crippen LogP contribution is 2.18. The van der Waals surface area contributed by atoms with Crippen LogP contribution in [0.4, 0.5) is 0 Å². The maximum absolute atomic E-state index is 11.6. The van der Waals surface area contributed by atoms with E-state index in [1.165, 1.54) is 24.3 Å². The Bertz CT molecular complexity index is 658. The molecule has 0 atom stereocenters. The van der Waals surface area contributed by atoms with Crippen LogP contribution in [-0.2, 0) is 14.8 Å². The monoisotopic (exact) mass is 268 g/mol. The average Bonchev–Trinajstić information content (AvgIpc) is 2.57. The standard InChI is InChI=1S/C10H8N2O5S/c11-9-5-8(12-18(9,15)16)10(14)17-7-3-1-6(13)2-4-7/h1-5,13H,11H2. The molecule has 1 heterocycles. The number of hydrogen-bond acceptors (Lipinski definition) is 6. The van der Waals surface area contributed by atoms with Crippen molar-refractivity contribution in [2.75, 3.05) is 0 Å². The Balaban J connectivity index is 2.18. The van der Waals surface area contributed by atoms with Crippen molar-refractivity contribution < 1.29 is 23.1 Å². The van der Waals surface area contributed by atoms with Crippen molar-refractivity contribution >= 4 is 21.7 Å². The lowest BCUT2D eigenvalue weighted by molar-refractivity contribution is -0.126. The average molecular weight is 268 g/mol. The van der Waals surface area contributed by atoms with Crippen LogP contribution in [0.15, 0.2) is 39.8 Å². The molecule has 0 aromatic heterocycles. The zero-order valence-corrected chi connectivity index (χ0v) is 9.72. The van der Waals surface area contributed by atoms with Crippen molar-refractivity contribution in [2.24, 2.45) is 10.1 Å². The first-order chi connectivity index (χ1) is 8.38. The molecule has 2 rings (SSSR count). The summed E-state index contributed by atoms with van der Waals surface area (Å²) in [6, 6.07) is 5.34. The van der Waals surface area contributed by atoms with E-state index in [1.807, 2.05) is 0 Å². The number of phenols is 1. The fourth-order valence-corrected chi connectivity index (χ4v) is 1.94. The van der Waals surface area contributed by atoms with Crippen LogP contribution < -0.4 is 10.5 Å². The van der Waals surface area contributed by atoms with Gasteiger partial charge in [-0.05, 0) is 24.3 Å². The number of carbonyl (C=O) groups excluding carboxylic acids is 1. The summed E-state index contributed by atoms with van der Waals surface area (Å²) in [5, 5.41) is 8.54. The van der Waals surface area contributed by atoms with Crippen molar-refractivity contribution in [3.05, 3.63) is 35.4 Å². The van der Waals surface area contributed by atoms with E-state index >= 15 is 0 Å². The van der Waals surface area contributed by atoms with Crippen LogP contribution in [0.3, 0.4) is 0 Å².